The third-order valence-corrected chi connectivity index (χ3v) is 11.3. The summed E-state index contributed by atoms with van der Waals surface area (Å²) in [5.74, 6) is 0. The molecule has 130 valence electrons. The van der Waals surface area contributed by atoms with Crippen LogP contribution in [0, 0.1) is 0 Å². The van der Waals surface area contributed by atoms with Crippen LogP contribution >= 0.6 is 0 Å². The van der Waals surface area contributed by atoms with E-state index >= 15 is 0 Å². The number of β-amino-alcohol motifs (C(OH)–C–C–N with tert-alkyl or cyclic N) is 1. The lowest BCUT2D eigenvalue weighted by Gasteiger charge is -2.44. The van der Waals surface area contributed by atoms with Crippen molar-refractivity contribution in [2.24, 2.45) is 0 Å². The van der Waals surface area contributed by atoms with Crippen molar-refractivity contribution in [3.05, 3.63) is 12.2 Å². The second-order valence-electron chi connectivity index (χ2n) is 7.84. The number of aliphatic hydroxyl groups is 1. The van der Waals surface area contributed by atoms with Gasteiger partial charge in [0.1, 0.15) is 0 Å². The van der Waals surface area contributed by atoms with Crippen LogP contribution in [0.15, 0.2) is 12.2 Å². The van der Waals surface area contributed by atoms with Crippen molar-refractivity contribution in [1.29, 1.82) is 0 Å². The molecule has 0 fully saturated rings. The summed E-state index contributed by atoms with van der Waals surface area (Å²) >= 11 is 0. The summed E-state index contributed by atoms with van der Waals surface area (Å²) < 4.78 is 6.88. The summed E-state index contributed by atoms with van der Waals surface area (Å²) in [4.78, 5) is 2.22. The summed E-state index contributed by atoms with van der Waals surface area (Å²) in [6, 6.07) is 0. The number of rotatable bonds is 5. The highest BCUT2D eigenvalue weighted by atomic mass is 28.4. The maximum absolute atomic E-state index is 9.97. The number of likely N-dealkylation sites (N-methyl/N-ethyl adjacent to an activating group) is 1. The van der Waals surface area contributed by atoms with Gasteiger partial charge in [-0.1, -0.05) is 53.7 Å². The van der Waals surface area contributed by atoms with Crippen LogP contribution in [0.5, 0.6) is 0 Å². The Balaban J connectivity index is 2.95. The van der Waals surface area contributed by atoms with Gasteiger partial charge in [0.2, 0.25) is 8.32 Å². The predicted molar refractivity (Wildman–Crippen MR) is 97.8 cm³/mol. The largest absolute Gasteiger partial charge is 0.410 e. The van der Waals surface area contributed by atoms with Crippen LogP contribution in [0.1, 0.15) is 54.4 Å². The first-order valence-electron chi connectivity index (χ1n) is 8.91. The van der Waals surface area contributed by atoms with E-state index in [2.05, 4.69) is 65.6 Å². The first-order chi connectivity index (χ1) is 10.2. The third kappa shape index (κ3) is 4.92. The smallest absolute Gasteiger partial charge is 0.201 e. The minimum Gasteiger partial charge on any atom is -0.410 e. The molecule has 1 N–H and O–H groups in total. The minimum absolute atomic E-state index is 0.187. The highest BCUT2D eigenvalue weighted by molar-refractivity contribution is 6.77. The first kappa shape index (κ1) is 19.9. The van der Waals surface area contributed by atoms with Gasteiger partial charge in [-0.3, -0.25) is 0 Å². The molecule has 0 aliphatic carbocycles. The van der Waals surface area contributed by atoms with Crippen LogP contribution in [-0.2, 0) is 4.43 Å². The maximum atomic E-state index is 9.97. The van der Waals surface area contributed by atoms with Crippen molar-refractivity contribution in [3.8, 4) is 0 Å². The number of aliphatic hydroxyl groups excluding tert-OH is 1. The van der Waals surface area contributed by atoms with Crippen molar-refractivity contribution in [2.75, 3.05) is 20.1 Å². The van der Waals surface area contributed by atoms with Crippen molar-refractivity contribution in [2.45, 2.75) is 83.2 Å². The van der Waals surface area contributed by atoms with Gasteiger partial charge in [0.25, 0.3) is 0 Å². The van der Waals surface area contributed by atoms with Crippen LogP contribution in [0.4, 0.5) is 0 Å². The number of nitrogens with zero attached hydrogens (tertiary/aromatic N) is 1. The molecule has 0 aromatic heterocycles. The first-order valence-corrected chi connectivity index (χ1v) is 11.0. The topological polar surface area (TPSA) is 32.7 Å². The molecule has 0 spiro atoms. The van der Waals surface area contributed by atoms with Crippen molar-refractivity contribution in [3.63, 3.8) is 0 Å². The highest BCUT2D eigenvalue weighted by Gasteiger charge is 2.46. The molecule has 0 bridgehead atoms. The molecule has 0 unspecified atom stereocenters. The van der Waals surface area contributed by atoms with Crippen LogP contribution in [0.3, 0.4) is 0 Å². The van der Waals surface area contributed by atoms with Crippen molar-refractivity contribution in [1.82, 2.24) is 4.90 Å². The molecular weight excluding hydrogens is 290 g/mol. The van der Waals surface area contributed by atoms with Gasteiger partial charge in [0, 0.05) is 13.1 Å². The molecule has 3 nitrogen and oxygen atoms in total. The summed E-state index contributed by atoms with van der Waals surface area (Å²) in [7, 11) is 0.245. The molecule has 0 radical (unpaired) electrons. The number of hydrogen-bond acceptors (Lipinski definition) is 3. The second kappa shape index (κ2) is 8.62. The summed E-state index contributed by atoms with van der Waals surface area (Å²) in [5.41, 5.74) is 1.82. The molecule has 0 aromatic carbocycles. The molecule has 0 amide bonds. The van der Waals surface area contributed by atoms with E-state index in [1.54, 1.807) is 0 Å². The van der Waals surface area contributed by atoms with E-state index < -0.39 is 8.32 Å². The zero-order valence-electron chi connectivity index (χ0n) is 15.7. The summed E-state index contributed by atoms with van der Waals surface area (Å²) in [6.07, 6.45) is 5.99. The predicted octanol–water partition coefficient (Wildman–Crippen LogP) is 4.19. The standard InChI is InChI=1S/C18H37NO2Si/c1-14(2)22(15(3)4,16(5)6)21-18-10-8-9-17(20)13-19(7)12-11-18/h8,10,14-18,20H,9,11-13H2,1-7H3/b10-8-/t17-,18+/m1/s1. The van der Waals surface area contributed by atoms with Crippen LogP contribution in [0.25, 0.3) is 0 Å². The fourth-order valence-electron chi connectivity index (χ4n) is 4.13. The lowest BCUT2D eigenvalue weighted by molar-refractivity contribution is 0.122. The minimum atomic E-state index is -1.84. The van der Waals surface area contributed by atoms with E-state index in [0.29, 0.717) is 16.6 Å². The van der Waals surface area contributed by atoms with E-state index in [1.807, 2.05) is 0 Å². The SMILES string of the molecule is CC(C)[Si](O[C@H]1/C=C\C[C@@H](O)CN(C)CC1)(C(C)C)C(C)C. The van der Waals surface area contributed by atoms with Gasteiger partial charge in [-0.15, -0.1) is 0 Å². The molecule has 1 aliphatic rings. The van der Waals surface area contributed by atoms with E-state index in [1.165, 1.54) is 0 Å². The van der Waals surface area contributed by atoms with Gasteiger partial charge >= 0.3 is 0 Å². The zero-order valence-corrected chi connectivity index (χ0v) is 16.7. The molecule has 1 aliphatic heterocycles. The van der Waals surface area contributed by atoms with Crippen LogP contribution in [0.2, 0.25) is 16.6 Å². The van der Waals surface area contributed by atoms with Crippen molar-refractivity contribution < 1.29 is 9.53 Å². The van der Waals surface area contributed by atoms with E-state index in [0.717, 1.165) is 25.9 Å². The quantitative estimate of drug-likeness (QED) is 0.607. The van der Waals surface area contributed by atoms with E-state index in [-0.39, 0.29) is 12.2 Å². The Labute approximate surface area is 138 Å². The number of hydrogen-bond donors (Lipinski definition) is 1. The average molecular weight is 328 g/mol. The Morgan fingerprint density at radius 2 is 1.64 bits per heavy atom. The molecular formula is C18H37NO2Si. The van der Waals surface area contributed by atoms with Gasteiger partial charge < -0.3 is 14.4 Å². The van der Waals surface area contributed by atoms with Gasteiger partial charge in [-0.2, -0.15) is 0 Å². The third-order valence-electron chi connectivity index (χ3n) is 5.14. The fraction of sp³-hybridized carbons (Fsp3) is 0.889. The van der Waals surface area contributed by atoms with Gasteiger partial charge in [-0.25, -0.2) is 0 Å². The highest BCUT2D eigenvalue weighted by Crippen LogP contribution is 2.43. The van der Waals surface area contributed by atoms with Crippen molar-refractivity contribution >= 4 is 8.32 Å². The molecule has 0 saturated heterocycles. The normalized spacial score (nSPS) is 27.0. The second-order valence-corrected chi connectivity index (χ2v) is 13.2. The van der Waals surface area contributed by atoms with Crippen LogP contribution < -0.4 is 0 Å². The monoisotopic (exact) mass is 327 g/mol. The fourth-order valence-corrected chi connectivity index (χ4v) is 9.66. The molecule has 0 aromatic rings. The average Bonchev–Trinajstić information content (AvgIpc) is 2.46. The van der Waals surface area contributed by atoms with Crippen LogP contribution in [-0.4, -0.2) is 50.7 Å². The Bertz CT molecular complexity index is 333. The lowest BCUT2D eigenvalue weighted by atomic mass is 10.2. The molecule has 2 atom stereocenters. The Morgan fingerprint density at radius 3 is 2.14 bits per heavy atom. The molecule has 22 heavy (non-hydrogen) atoms. The Morgan fingerprint density at radius 1 is 1.09 bits per heavy atom. The van der Waals surface area contributed by atoms with E-state index in [4.69, 9.17) is 4.43 Å². The van der Waals surface area contributed by atoms with Gasteiger partial charge in [-0.05, 0) is 36.5 Å². The zero-order chi connectivity index (χ0) is 16.9. The van der Waals surface area contributed by atoms with Gasteiger partial charge in [0.15, 0.2) is 0 Å². The molecule has 1 rings (SSSR count). The molecule has 1 heterocycles. The Kier molecular flexibility index (Phi) is 7.79. The Hall–Kier alpha value is -0.163. The molecule has 4 heteroatoms. The molecule has 0 saturated carbocycles. The van der Waals surface area contributed by atoms with E-state index in [9.17, 15) is 5.11 Å². The van der Waals surface area contributed by atoms with Gasteiger partial charge in [0.05, 0.1) is 12.2 Å². The lowest BCUT2D eigenvalue weighted by Crippen LogP contribution is -2.50. The summed E-state index contributed by atoms with van der Waals surface area (Å²) in [5, 5.41) is 9.97. The summed E-state index contributed by atoms with van der Waals surface area (Å²) in [6.45, 7) is 15.7. The maximum Gasteiger partial charge on any atom is 0.201 e.